The number of benzene rings is 1. The van der Waals surface area contributed by atoms with Gasteiger partial charge >= 0.3 is 11.9 Å². The van der Waals surface area contributed by atoms with Gasteiger partial charge in [-0.05, 0) is 36.8 Å². The van der Waals surface area contributed by atoms with Crippen LogP contribution in [0.5, 0.6) is 11.5 Å². The summed E-state index contributed by atoms with van der Waals surface area (Å²) in [4.78, 5) is 23.5. The number of fused-ring (bicyclic) bond motifs is 1. The Morgan fingerprint density at radius 2 is 1.93 bits per heavy atom. The van der Waals surface area contributed by atoms with Gasteiger partial charge in [-0.3, -0.25) is 0 Å². The number of ether oxygens (including phenoxy) is 4. The summed E-state index contributed by atoms with van der Waals surface area (Å²) in [6.45, 7) is 2.78. The molecular formula is C20H20O7. The van der Waals surface area contributed by atoms with Gasteiger partial charge in [-0.2, -0.15) is 0 Å². The molecule has 0 N–H and O–H groups in total. The van der Waals surface area contributed by atoms with Crippen molar-refractivity contribution in [3.63, 3.8) is 0 Å². The first-order valence-corrected chi connectivity index (χ1v) is 8.49. The number of hydrogen-bond acceptors (Lipinski definition) is 7. The van der Waals surface area contributed by atoms with E-state index in [9.17, 15) is 9.59 Å². The average Bonchev–Trinajstić information content (AvgIpc) is 2.89. The third kappa shape index (κ3) is 4.69. The van der Waals surface area contributed by atoms with E-state index in [2.05, 4.69) is 4.74 Å². The number of aryl methyl sites for hydroxylation is 1. The van der Waals surface area contributed by atoms with Gasteiger partial charge in [0.25, 0.3) is 0 Å². The van der Waals surface area contributed by atoms with Gasteiger partial charge in [0.15, 0.2) is 11.5 Å². The molecule has 0 amide bonds. The summed E-state index contributed by atoms with van der Waals surface area (Å²) in [5.74, 6) is 1.10. The molecule has 1 aromatic heterocycles. The third-order valence-electron chi connectivity index (χ3n) is 3.91. The minimum absolute atomic E-state index is 0.0812. The lowest BCUT2D eigenvalue weighted by atomic mass is 10.2. The average molecular weight is 372 g/mol. The maximum absolute atomic E-state index is 11.9. The van der Waals surface area contributed by atoms with Gasteiger partial charge in [0.1, 0.15) is 23.7 Å². The molecule has 0 atom stereocenters. The first-order valence-electron chi connectivity index (χ1n) is 8.49. The van der Waals surface area contributed by atoms with E-state index in [4.69, 9.17) is 18.6 Å². The predicted molar refractivity (Wildman–Crippen MR) is 95.7 cm³/mol. The molecular weight excluding hydrogens is 352 g/mol. The minimum Gasteiger partial charge on any atom is -0.490 e. The van der Waals surface area contributed by atoms with E-state index in [1.54, 1.807) is 13.0 Å². The SMILES string of the molecule is COC(=O)c1cc(COC(=O)/C=C/c2ccc3c(c2)OCCCO3)oc1C. The number of hydrogen-bond donors (Lipinski definition) is 0. The zero-order valence-corrected chi connectivity index (χ0v) is 15.2. The van der Waals surface area contributed by atoms with Crippen LogP contribution in [0.3, 0.4) is 0 Å². The number of carbonyl (C=O) groups is 2. The molecule has 0 spiro atoms. The van der Waals surface area contributed by atoms with Crippen molar-refractivity contribution in [1.82, 2.24) is 0 Å². The highest BCUT2D eigenvalue weighted by atomic mass is 16.5. The normalized spacial score (nSPS) is 13.3. The Labute approximate surface area is 156 Å². The molecule has 1 aliphatic heterocycles. The Morgan fingerprint density at radius 1 is 1.15 bits per heavy atom. The second-order valence-corrected chi connectivity index (χ2v) is 5.87. The van der Waals surface area contributed by atoms with Crippen LogP contribution in [0.2, 0.25) is 0 Å². The van der Waals surface area contributed by atoms with Crippen molar-refractivity contribution < 1.29 is 33.0 Å². The maximum Gasteiger partial charge on any atom is 0.341 e. The lowest BCUT2D eigenvalue weighted by molar-refractivity contribution is -0.139. The summed E-state index contributed by atoms with van der Waals surface area (Å²) in [6.07, 6.45) is 3.77. The predicted octanol–water partition coefficient (Wildman–Crippen LogP) is 3.29. The number of methoxy groups -OCH3 is 1. The Kier molecular flexibility index (Phi) is 5.80. The monoisotopic (exact) mass is 372 g/mol. The Balaban J connectivity index is 1.58. The maximum atomic E-state index is 11.9. The van der Waals surface area contributed by atoms with Crippen LogP contribution in [0.15, 0.2) is 34.8 Å². The highest BCUT2D eigenvalue weighted by molar-refractivity contribution is 5.90. The van der Waals surface area contributed by atoms with E-state index < -0.39 is 11.9 Å². The molecule has 0 fully saturated rings. The third-order valence-corrected chi connectivity index (χ3v) is 3.91. The fourth-order valence-electron chi connectivity index (χ4n) is 2.57. The van der Waals surface area contributed by atoms with E-state index in [1.165, 1.54) is 19.3 Å². The van der Waals surface area contributed by atoms with Gasteiger partial charge < -0.3 is 23.4 Å². The number of esters is 2. The van der Waals surface area contributed by atoms with Crippen LogP contribution < -0.4 is 9.47 Å². The molecule has 1 aliphatic rings. The zero-order valence-electron chi connectivity index (χ0n) is 15.2. The number of furan rings is 1. The molecule has 0 saturated carbocycles. The first-order chi connectivity index (χ1) is 13.1. The molecule has 3 rings (SSSR count). The molecule has 2 aromatic rings. The van der Waals surface area contributed by atoms with Crippen LogP contribution in [0, 0.1) is 6.92 Å². The van der Waals surface area contributed by atoms with E-state index in [0.717, 1.165) is 12.0 Å². The Morgan fingerprint density at radius 3 is 2.70 bits per heavy atom. The highest BCUT2D eigenvalue weighted by Crippen LogP contribution is 2.30. The number of carbonyl (C=O) groups excluding carboxylic acids is 2. The molecule has 0 saturated heterocycles. The van der Waals surface area contributed by atoms with Crippen molar-refractivity contribution in [1.29, 1.82) is 0 Å². The molecule has 0 bridgehead atoms. The second kappa shape index (κ2) is 8.44. The van der Waals surface area contributed by atoms with Crippen LogP contribution in [0.25, 0.3) is 6.08 Å². The first kappa shape index (κ1) is 18.6. The molecule has 2 heterocycles. The molecule has 0 aliphatic carbocycles. The van der Waals surface area contributed by atoms with Gasteiger partial charge in [-0.25, -0.2) is 9.59 Å². The van der Waals surface area contributed by atoms with E-state index in [-0.39, 0.29) is 6.61 Å². The van der Waals surface area contributed by atoms with Crippen molar-refractivity contribution in [2.75, 3.05) is 20.3 Å². The van der Waals surface area contributed by atoms with Gasteiger partial charge in [0, 0.05) is 12.5 Å². The summed E-state index contributed by atoms with van der Waals surface area (Å²) in [5, 5.41) is 0. The largest absolute Gasteiger partial charge is 0.490 e. The van der Waals surface area contributed by atoms with Crippen molar-refractivity contribution in [3.8, 4) is 11.5 Å². The quantitative estimate of drug-likeness (QED) is 0.588. The van der Waals surface area contributed by atoms with E-state index in [1.807, 2.05) is 18.2 Å². The topological polar surface area (TPSA) is 84.2 Å². The van der Waals surface area contributed by atoms with Crippen LogP contribution >= 0.6 is 0 Å². The molecule has 7 nitrogen and oxygen atoms in total. The minimum atomic E-state index is -0.532. The Hall–Kier alpha value is -3.22. The van der Waals surface area contributed by atoms with Crippen molar-refractivity contribution in [2.24, 2.45) is 0 Å². The van der Waals surface area contributed by atoms with Crippen LogP contribution in [0.4, 0.5) is 0 Å². The van der Waals surface area contributed by atoms with Gasteiger partial charge in [-0.1, -0.05) is 6.07 Å². The van der Waals surface area contributed by atoms with Crippen molar-refractivity contribution in [3.05, 3.63) is 53.0 Å². The fraction of sp³-hybridized carbons (Fsp3) is 0.300. The summed E-state index contributed by atoms with van der Waals surface area (Å²) in [7, 11) is 1.29. The lowest BCUT2D eigenvalue weighted by Gasteiger charge is -2.07. The fourth-order valence-corrected chi connectivity index (χ4v) is 2.57. The summed E-state index contributed by atoms with van der Waals surface area (Å²) >= 11 is 0. The molecule has 142 valence electrons. The lowest BCUT2D eigenvalue weighted by Crippen LogP contribution is -2.01. The van der Waals surface area contributed by atoms with Crippen LogP contribution in [0.1, 0.15) is 33.9 Å². The second-order valence-electron chi connectivity index (χ2n) is 5.87. The van der Waals surface area contributed by atoms with Crippen molar-refractivity contribution >= 4 is 18.0 Å². The number of rotatable bonds is 5. The van der Waals surface area contributed by atoms with E-state index >= 15 is 0 Å². The highest BCUT2D eigenvalue weighted by Gasteiger charge is 2.16. The Bertz CT molecular complexity index is 863. The van der Waals surface area contributed by atoms with E-state index in [0.29, 0.717) is 41.8 Å². The smallest absolute Gasteiger partial charge is 0.341 e. The molecule has 1 aromatic carbocycles. The van der Waals surface area contributed by atoms with Gasteiger partial charge in [0.2, 0.25) is 0 Å². The summed E-state index contributed by atoms with van der Waals surface area (Å²) < 4.78 is 26.4. The summed E-state index contributed by atoms with van der Waals surface area (Å²) in [5.41, 5.74) is 1.10. The molecule has 0 unspecified atom stereocenters. The van der Waals surface area contributed by atoms with Gasteiger partial charge in [-0.15, -0.1) is 0 Å². The molecule has 0 radical (unpaired) electrons. The van der Waals surface area contributed by atoms with Crippen LogP contribution in [-0.2, 0) is 20.9 Å². The standard InChI is InChI=1S/C20H20O7/c1-13-16(20(22)23-2)11-15(27-13)12-26-19(21)7-5-14-4-6-17-18(10-14)25-9-3-8-24-17/h4-7,10-11H,3,8-9,12H2,1-2H3/b7-5+. The zero-order chi connectivity index (χ0) is 19.2. The van der Waals surface area contributed by atoms with Crippen molar-refractivity contribution in [2.45, 2.75) is 20.0 Å². The summed E-state index contributed by atoms with van der Waals surface area (Å²) in [6, 6.07) is 6.95. The van der Waals surface area contributed by atoms with Crippen LogP contribution in [-0.4, -0.2) is 32.3 Å². The molecule has 7 heteroatoms. The molecule has 27 heavy (non-hydrogen) atoms. The van der Waals surface area contributed by atoms with Gasteiger partial charge in [0.05, 0.1) is 20.3 Å².